The van der Waals surface area contributed by atoms with E-state index in [9.17, 15) is 18.0 Å². The van der Waals surface area contributed by atoms with Gasteiger partial charge < -0.3 is 20.3 Å². The minimum absolute atomic E-state index is 0.157. The van der Waals surface area contributed by atoms with Gasteiger partial charge in [-0.1, -0.05) is 0 Å². The van der Waals surface area contributed by atoms with Crippen LogP contribution in [0, 0.1) is 5.82 Å². The normalized spacial score (nSPS) is 19.3. The van der Waals surface area contributed by atoms with Crippen molar-refractivity contribution < 1.29 is 22.7 Å². The second-order valence-electron chi connectivity index (χ2n) is 8.90. The quantitative estimate of drug-likeness (QED) is 0.539. The number of nitrogens with zero attached hydrogens (tertiary/aromatic N) is 3. The summed E-state index contributed by atoms with van der Waals surface area (Å²) < 4.78 is 45.9. The number of pyridine rings is 1. The summed E-state index contributed by atoms with van der Waals surface area (Å²) in [5.74, 6) is -2.81. The van der Waals surface area contributed by atoms with Gasteiger partial charge in [-0.3, -0.25) is 9.69 Å². The number of rotatable bonds is 9. The van der Waals surface area contributed by atoms with Gasteiger partial charge in [-0.15, -0.1) is 0 Å². The van der Waals surface area contributed by atoms with Crippen LogP contribution in [0.1, 0.15) is 29.6 Å². The number of carbonyl (C=O) groups excluding carboxylic acids is 1. The third kappa shape index (κ3) is 6.80. The van der Waals surface area contributed by atoms with Crippen LogP contribution in [0.2, 0.25) is 0 Å². The number of alkyl halides is 2. The predicted octanol–water partition coefficient (Wildman–Crippen LogP) is 2.97. The zero-order valence-corrected chi connectivity index (χ0v) is 19.3. The van der Waals surface area contributed by atoms with Crippen LogP contribution in [0.25, 0.3) is 10.9 Å². The molecule has 2 aliphatic rings. The van der Waals surface area contributed by atoms with E-state index in [0.29, 0.717) is 55.0 Å². The van der Waals surface area contributed by atoms with Crippen LogP contribution in [-0.2, 0) is 4.74 Å². The van der Waals surface area contributed by atoms with Gasteiger partial charge in [0.25, 0.3) is 11.8 Å². The maximum Gasteiger partial charge on any atom is 0.252 e. The highest BCUT2D eigenvalue weighted by atomic mass is 19.3. The molecule has 34 heavy (non-hydrogen) atoms. The number of ether oxygens (including phenoxy) is 1. The van der Waals surface area contributed by atoms with Gasteiger partial charge in [-0.2, -0.15) is 0 Å². The fraction of sp³-hybridized carbons (Fsp3) is 0.583. The maximum atomic E-state index is 13.9. The molecule has 186 valence electrons. The highest BCUT2D eigenvalue weighted by molar-refractivity contribution is 6.07. The standard InChI is InChI=1S/C24H32F3N5O2/c25-18-2-3-21-19(16-18)20(23(33)29-7-11-32-9-4-24(26,27)5-10-32)17-22(30-21)28-6-1-8-31-12-14-34-15-13-31/h2-3,16-17H,1,4-15H2,(H,28,30)(H,29,33). The smallest absolute Gasteiger partial charge is 0.252 e. The van der Waals surface area contributed by atoms with Crippen LogP contribution in [0.4, 0.5) is 19.0 Å². The van der Waals surface area contributed by atoms with E-state index in [-0.39, 0.29) is 18.7 Å². The van der Waals surface area contributed by atoms with Gasteiger partial charge in [-0.05, 0) is 37.2 Å². The summed E-state index contributed by atoms with van der Waals surface area (Å²) >= 11 is 0. The number of amides is 1. The number of piperidine rings is 1. The molecule has 1 amide bonds. The molecule has 1 aromatic carbocycles. The second kappa shape index (κ2) is 11.3. The number of nitrogens with one attached hydrogen (secondary N) is 2. The SMILES string of the molecule is O=C(NCCN1CCC(F)(F)CC1)c1cc(NCCCN2CCOCC2)nc2ccc(F)cc12. The molecule has 0 aliphatic carbocycles. The zero-order valence-electron chi connectivity index (χ0n) is 19.3. The molecule has 0 unspecified atom stereocenters. The first-order chi connectivity index (χ1) is 16.4. The lowest BCUT2D eigenvalue weighted by atomic mass is 10.1. The molecule has 1 aromatic heterocycles. The fourth-order valence-corrected chi connectivity index (χ4v) is 4.35. The van der Waals surface area contributed by atoms with Crippen molar-refractivity contribution in [1.82, 2.24) is 20.1 Å². The van der Waals surface area contributed by atoms with Crippen LogP contribution in [0.5, 0.6) is 0 Å². The van der Waals surface area contributed by atoms with Gasteiger partial charge >= 0.3 is 0 Å². The Morgan fingerprint density at radius 1 is 1.03 bits per heavy atom. The second-order valence-corrected chi connectivity index (χ2v) is 8.90. The minimum atomic E-state index is -2.59. The number of halogens is 3. The van der Waals surface area contributed by atoms with Crippen molar-refractivity contribution in [2.24, 2.45) is 0 Å². The van der Waals surface area contributed by atoms with E-state index in [1.807, 2.05) is 4.90 Å². The molecule has 0 spiro atoms. The molecule has 0 bridgehead atoms. The number of carbonyl (C=O) groups is 1. The maximum absolute atomic E-state index is 13.9. The lowest BCUT2D eigenvalue weighted by Gasteiger charge is -2.31. The number of morpholine rings is 1. The Balaban J connectivity index is 1.35. The zero-order chi connectivity index (χ0) is 24.0. The van der Waals surface area contributed by atoms with Gasteiger partial charge in [0.05, 0.1) is 24.3 Å². The van der Waals surface area contributed by atoms with Crippen molar-refractivity contribution in [1.29, 1.82) is 0 Å². The van der Waals surface area contributed by atoms with Crippen LogP contribution in [-0.4, -0.2) is 92.2 Å². The monoisotopic (exact) mass is 479 g/mol. The Hall–Kier alpha value is -2.43. The molecule has 2 saturated heterocycles. The third-order valence-corrected chi connectivity index (χ3v) is 6.38. The van der Waals surface area contributed by atoms with Gasteiger partial charge in [0, 0.05) is 64.0 Å². The molecule has 2 aromatic rings. The average Bonchev–Trinajstić information content (AvgIpc) is 2.83. The van der Waals surface area contributed by atoms with E-state index in [1.165, 1.54) is 12.1 Å². The van der Waals surface area contributed by atoms with Gasteiger partial charge in [0.15, 0.2) is 0 Å². The largest absolute Gasteiger partial charge is 0.379 e. The van der Waals surface area contributed by atoms with Crippen molar-refractivity contribution in [3.05, 3.63) is 35.6 Å². The third-order valence-electron chi connectivity index (χ3n) is 6.38. The first-order valence-electron chi connectivity index (χ1n) is 11.9. The summed E-state index contributed by atoms with van der Waals surface area (Å²) in [5.41, 5.74) is 0.869. The van der Waals surface area contributed by atoms with E-state index in [1.54, 1.807) is 12.1 Å². The van der Waals surface area contributed by atoms with Gasteiger partial charge in [0.1, 0.15) is 11.6 Å². The number of hydrogen-bond donors (Lipinski definition) is 2. The van der Waals surface area contributed by atoms with Crippen molar-refractivity contribution in [2.75, 3.05) is 70.9 Å². The van der Waals surface area contributed by atoms with Crippen LogP contribution >= 0.6 is 0 Å². The van der Waals surface area contributed by atoms with Crippen molar-refractivity contribution in [2.45, 2.75) is 25.2 Å². The Bertz CT molecular complexity index is 974. The number of aromatic nitrogens is 1. The summed E-state index contributed by atoms with van der Waals surface area (Å²) in [4.78, 5) is 21.8. The lowest BCUT2D eigenvalue weighted by Crippen LogP contribution is -2.43. The Kier molecular flexibility index (Phi) is 8.23. The highest BCUT2D eigenvalue weighted by Crippen LogP contribution is 2.27. The molecule has 2 fully saturated rings. The molecule has 0 radical (unpaired) electrons. The molecule has 4 rings (SSSR count). The summed E-state index contributed by atoms with van der Waals surface area (Å²) in [6.45, 7) is 6.47. The van der Waals surface area contributed by atoms with E-state index < -0.39 is 11.7 Å². The van der Waals surface area contributed by atoms with Crippen molar-refractivity contribution in [3.8, 4) is 0 Å². The average molecular weight is 480 g/mol. The van der Waals surface area contributed by atoms with Crippen LogP contribution in [0.15, 0.2) is 24.3 Å². The topological polar surface area (TPSA) is 69.7 Å². The van der Waals surface area contributed by atoms with E-state index in [2.05, 4.69) is 20.5 Å². The molecule has 0 atom stereocenters. The number of likely N-dealkylation sites (tertiary alicyclic amines) is 1. The summed E-state index contributed by atoms with van der Waals surface area (Å²) in [5, 5.41) is 6.57. The Morgan fingerprint density at radius 3 is 2.53 bits per heavy atom. The lowest BCUT2D eigenvalue weighted by molar-refractivity contribution is -0.0547. The first kappa shape index (κ1) is 24.7. The number of anilines is 1. The molecule has 0 saturated carbocycles. The molecule has 2 aliphatic heterocycles. The van der Waals surface area contributed by atoms with Gasteiger partial charge in [0.2, 0.25) is 0 Å². The molecule has 7 nitrogen and oxygen atoms in total. The summed E-state index contributed by atoms with van der Waals surface area (Å²) in [6.07, 6.45) is 0.602. The van der Waals surface area contributed by atoms with Gasteiger partial charge in [-0.25, -0.2) is 18.2 Å². The Labute approximate surface area is 197 Å². The highest BCUT2D eigenvalue weighted by Gasteiger charge is 2.33. The molecule has 3 heterocycles. The number of benzene rings is 1. The van der Waals surface area contributed by atoms with E-state index in [0.717, 1.165) is 39.3 Å². The summed E-state index contributed by atoms with van der Waals surface area (Å²) in [6, 6.07) is 5.85. The first-order valence-corrected chi connectivity index (χ1v) is 11.9. The number of hydrogen-bond acceptors (Lipinski definition) is 6. The predicted molar refractivity (Wildman–Crippen MR) is 125 cm³/mol. The van der Waals surface area contributed by atoms with Crippen LogP contribution < -0.4 is 10.6 Å². The van der Waals surface area contributed by atoms with Crippen LogP contribution in [0.3, 0.4) is 0 Å². The fourth-order valence-electron chi connectivity index (χ4n) is 4.35. The molecule has 10 heteroatoms. The van der Waals surface area contributed by atoms with E-state index in [4.69, 9.17) is 4.74 Å². The Morgan fingerprint density at radius 2 is 1.76 bits per heavy atom. The number of fused-ring (bicyclic) bond motifs is 1. The molecular weight excluding hydrogens is 447 g/mol. The minimum Gasteiger partial charge on any atom is -0.379 e. The summed E-state index contributed by atoms with van der Waals surface area (Å²) in [7, 11) is 0. The van der Waals surface area contributed by atoms with Crippen molar-refractivity contribution in [3.63, 3.8) is 0 Å². The molecular formula is C24H32F3N5O2. The van der Waals surface area contributed by atoms with E-state index >= 15 is 0 Å². The van der Waals surface area contributed by atoms with Crippen molar-refractivity contribution >= 4 is 22.6 Å². The molecule has 2 N–H and O–H groups in total.